The fourth-order valence-electron chi connectivity index (χ4n) is 3.06. The third-order valence-electron chi connectivity index (χ3n) is 4.10. The van der Waals surface area contributed by atoms with Gasteiger partial charge >= 0.3 is 0 Å². The van der Waals surface area contributed by atoms with Gasteiger partial charge in [-0.1, -0.05) is 12.1 Å². The molecule has 0 bridgehead atoms. The second kappa shape index (κ2) is 6.47. The van der Waals surface area contributed by atoms with E-state index in [9.17, 15) is 8.42 Å². The van der Waals surface area contributed by atoms with Crippen molar-refractivity contribution < 1.29 is 12.8 Å². The Balaban J connectivity index is 1.86. The number of rotatable bonds is 5. The fraction of sp³-hybridized carbons (Fsp3) is 0.412. The van der Waals surface area contributed by atoms with E-state index < -0.39 is 10.0 Å². The summed E-state index contributed by atoms with van der Waals surface area (Å²) in [6, 6.07) is 10.6. The van der Waals surface area contributed by atoms with Crippen molar-refractivity contribution in [2.45, 2.75) is 30.3 Å². The summed E-state index contributed by atoms with van der Waals surface area (Å²) in [5.41, 5.74) is 1.10. The third-order valence-corrected chi connectivity index (χ3v) is 6.03. The third kappa shape index (κ3) is 3.34. The van der Waals surface area contributed by atoms with Gasteiger partial charge < -0.3 is 9.32 Å². The monoisotopic (exact) mass is 334 g/mol. The number of hydrogen-bond acceptors (Lipinski definition) is 4. The standard InChI is InChI=1S/C17H22N2O3S/c1-18(2)13-14-7-9-15(10-8-14)23(20,21)19-11-3-5-16(19)17-6-4-12-22-17/h4,6-10,12,16H,3,5,11,13H2,1-2H3/t16-/m1/s1. The van der Waals surface area contributed by atoms with Crippen molar-refractivity contribution in [2.75, 3.05) is 20.6 Å². The molecule has 3 rings (SSSR count). The second-order valence-corrected chi connectivity index (χ2v) is 8.06. The quantitative estimate of drug-likeness (QED) is 0.844. The van der Waals surface area contributed by atoms with Crippen molar-refractivity contribution >= 4 is 10.0 Å². The van der Waals surface area contributed by atoms with Gasteiger partial charge in [-0.3, -0.25) is 0 Å². The minimum absolute atomic E-state index is 0.198. The first-order valence-electron chi connectivity index (χ1n) is 7.77. The molecular weight excluding hydrogens is 312 g/mol. The van der Waals surface area contributed by atoms with Crippen LogP contribution in [0.4, 0.5) is 0 Å². The van der Waals surface area contributed by atoms with Gasteiger partial charge in [-0.2, -0.15) is 4.31 Å². The van der Waals surface area contributed by atoms with Crippen molar-refractivity contribution in [2.24, 2.45) is 0 Å². The lowest BCUT2D eigenvalue weighted by Gasteiger charge is -2.22. The highest BCUT2D eigenvalue weighted by atomic mass is 32.2. The van der Waals surface area contributed by atoms with E-state index in [0.717, 1.165) is 30.7 Å². The molecule has 0 radical (unpaired) electrons. The number of sulfonamides is 1. The van der Waals surface area contributed by atoms with Crippen LogP contribution in [0.1, 0.15) is 30.2 Å². The fourth-order valence-corrected chi connectivity index (χ4v) is 4.73. The summed E-state index contributed by atoms with van der Waals surface area (Å²) in [5, 5.41) is 0. The minimum atomic E-state index is -3.50. The first-order chi connectivity index (χ1) is 11.0. The Morgan fingerprint density at radius 1 is 1.22 bits per heavy atom. The summed E-state index contributed by atoms with van der Waals surface area (Å²) < 4.78 is 32.9. The Kier molecular flexibility index (Phi) is 4.57. The zero-order valence-corrected chi connectivity index (χ0v) is 14.3. The Hall–Kier alpha value is -1.63. The molecule has 23 heavy (non-hydrogen) atoms. The number of benzene rings is 1. The molecule has 124 valence electrons. The van der Waals surface area contributed by atoms with Crippen molar-refractivity contribution in [3.8, 4) is 0 Å². The zero-order chi connectivity index (χ0) is 16.4. The van der Waals surface area contributed by atoms with Crippen LogP contribution in [0.2, 0.25) is 0 Å². The number of nitrogens with zero attached hydrogens (tertiary/aromatic N) is 2. The minimum Gasteiger partial charge on any atom is -0.468 e. The Bertz CT molecular complexity index is 737. The summed E-state index contributed by atoms with van der Waals surface area (Å²) in [5.74, 6) is 0.718. The lowest BCUT2D eigenvalue weighted by Crippen LogP contribution is -2.30. The van der Waals surface area contributed by atoms with Crippen LogP contribution in [0.3, 0.4) is 0 Å². The van der Waals surface area contributed by atoms with E-state index in [-0.39, 0.29) is 6.04 Å². The molecule has 0 amide bonds. The zero-order valence-electron chi connectivity index (χ0n) is 13.5. The van der Waals surface area contributed by atoms with Crippen LogP contribution in [0, 0.1) is 0 Å². The largest absolute Gasteiger partial charge is 0.468 e. The predicted octanol–water partition coefficient (Wildman–Crippen LogP) is 2.87. The molecule has 0 spiro atoms. The first-order valence-corrected chi connectivity index (χ1v) is 9.21. The molecule has 2 heterocycles. The topological polar surface area (TPSA) is 53.8 Å². The van der Waals surface area contributed by atoms with Gasteiger partial charge in [0.25, 0.3) is 0 Å². The van der Waals surface area contributed by atoms with Crippen LogP contribution in [-0.4, -0.2) is 38.3 Å². The lowest BCUT2D eigenvalue weighted by molar-refractivity contribution is 0.339. The molecular formula is C17H22N2O3S. The summed E-state index contributed by atoms with van der Waals surface area (Å²) >= 11 is 0. The summed E-state index contributed by atoms with van der Waals surface area (Å²) in [6.07, 6.45) is 3.24. The molecule has 1 fully saturated rings. The van der Waals surface area contributed by atoms with Crippen molar-refractivity contribution in [1.82, 2.24) is 9.21 Å². The van der Waals surface area contributed by atoms with E-state index in [1.165, 1.54) is 0 Å². The van der Waals surface area contributed by atoms with Gasteiger partial charge in [-0.05, 0) is 56.8 Å². The molecule has 2 aromatic rings. The van der Waals surface area contributed by atoms with E-state index in [2.05, 4.69) is 4.90 Å². The number of furan rings is 1. The van der Waals surface area contributed by atoms with Crippen LogP contribution in [0.5, 0.6) is 0 Å². The molecule has 0 unspecified atom stereocenters. The Morgan fingerprint density at radius 3 is 2.57 bits per heavy atom. The molecule has 1 aromatic heterocycles. The molecule has 1 atom stereocenters. The molecule has 1 aliphatic rings. The maximum atomic E-state index is 12.9. The van der Waals surface area contributed by atoms with Gasteiger partial charge in [-0.25, -0.2) is 8.42 Å². The molecule has 1 saturated heterocycles. The second-order valence-electron chi connectivity index (χ2n) is 6.17. The van der Waals surface area contributed by atoms with Gasteiger partial charge in [0.05, 0.1) is 17.2 Å². The van der Waals surface area contributed by atoms with Gasteiger partial charge in [0.15, 0.2) is 0 Å². The summed E-state index contributed by atoms with van der Waals surface area (Å²) in [4.78, 5) is 2.40. The molecule has 6 heteroatoms. The maximum Gasteiger partial charge on any atom is 0.243 e. The van der Waals surface area contributed by atoms with Crippen molar-refractivity contribution in [1.29, 1.82) is 0 Å². The average Bonchev–Trinajstić information content (AvgIpc) is 3.18. The van der Waals surface area contributed by atoms with E-state index in [1.807, 2.05) is 32.3 Å². The first kappa shape index (κ1) is 16.2. The van der Waals surface area contributed by atoms with E-state index >= 15 is 0 Å². The Morgan fingerprint density at radius 2 is 1.96 bits per heavy atom. The predicted molar refractivity (Wildman–Crippen MR) is 88.4 cm³/mol. The van der Waals surface area contributed by atoms with E-state index in [4.69, 9.17) is 4.42 Å². The highest BCUT2D eigenvalue weighted by molar-refractivity contribution is 7.89. The summed E-state index contributed by atoms with van der Waals surface area (Å²) in [7, 11) is 0.478. The Labute approximate surface area is 137 Å². The lowest BCUT2D eigenvalue weighted by atomic mass is 10.2. The van der Waals surface area contributed by atoms with Crippen molar-refractivity contribution in [3.63, 3.8) is 0 Å². The van der Waals surface area contributed by atoms with E-state index in [1.54, 1.807) is 28.8 Å². The van der Waals surface area contributed by atoms with Crippen LogP contribution in [0.25, 0.3) is 0 Å². The SMILES string of the molecule is CN(C)Cc1ccc(S(=O)(=O)N2CCC[C@@H]2c2ccco2)cc1. The van der Waals surface area contributed by atoms with Crippen LogP contribution < -0.4 is 0 Å². The smallest absolute Gasteiger partial charge is 0.243 e. The molecule has 0 N–H and O–H groups in total. The van der Waals surface area contributed by atoms with Crippen LogP contribution in [-0.2, 0) is 16.6 Å². The van der Waals surface area contributed by atoms with Crippen LogP contribution in [0.15, 0.2) is 52.0 Å². The average molecular weight is 334 g/mol. The molecule has 5 nitrogen and oxygen atoms in total. The van der Waals surface area contributed by atoms with Gasteiger partial charge in [0.2, 0.25) is 10.0 Å². The molecule has 0 saturated carbocycles. The van der Waals surface area contributed by atoms with E-state index in [0.29, 0.717) is 11.4 Å². The van der Waals surface area contributed by atoms with Gasteiger partial charge in [0.1, 0.15) is 5.76 Å². The van der Waals surface area contributed by atoms with Gasteiger partial charge in [-0.15, -0.1) is 0 Å². The highest BCUT2D eigenvalue weighted by Crippen LogP contribution is 2.36. The van der Waals surface area contributed by atoms with Gasteiger partial charge in [0, 0.05) is 13.1 Å². The number of hydrogen-bond donors (Lipinski definition) is 0. The molecule has 0 aliphatic carbocycles. The molecule has 1 aromatic carbocycles. The summed E-state index contributed by atoms with van der Waals surface area (Å²) in [6.45, 7) is 1.33. The molecule has 1 aliphatic heterocycles. The highest BCUT2D eigenvalue weighted by Gasteiger charge is 2.37. The maximum absolute atomic E-state index is 12.9. The van der Waals surface area contributed by atoms with Crippen LogP contribution >= 0.6 is 0 Å². The normalized spacial score (nSPS) is 19.5. The van der Waals surface area contributed by atoms with Crippen molar-refractivity contribution in [3.05, 3.63) is 54.0 Å².